The molecule has 1 heterocycles. The summed E-state index contributed by atoms with van der Waals surface area (Å²) >= 11 is 1.56. The molecule has 0 unspecified atom stereocenters. The van der Waals surface area contributed by atoms with Crippen LogP contribution in [0, 0.1) is 11.6 Å². The maximum absolute atomic E-state index is 12.9. The molecule has 1 aliphatic rings. The molecule has 0 saturated heterocycles. The minimum Gasteiger partial charge on any atom is -0.335 e. The van der Waals surface area contributed by atoms with Crippen LogP contribution in [-0.2, 0) is 0 Å². The molecule has 15 heavy (non-hydrogen) atoms. The van der Waals surface area contributed by atoms with E-state index >= 15 is 0 Å². The van der Waals surface area contributed by atoms with E-state index in [9.17, 15) is 8.78 Å². The molecule has 1 N–H and O–H groups in total. The van der Waals surface area contributed by atoms with E-state index in [0.717, 1.165) is 30.0 Å². The number of nitrogens with zero attached hydrogens (tertiary/aromatic N) is 1. The molecule has 1 aromatic rings. The second-order valence-corrected chi connectivity index (χ2v) is 4.26. The van der Waals surface area contributed by atoms with Gasteiger partial charge in [0.05, 0.1) is 0 Å². The van der Waals surface area contributed by atoms with Gasteiger partial charge in [-0.3, -0.25) is 4.99 Å². The molecule has 1 aliphatic heterocycles. The summed E-state index contributed by atoms with van der Waals surface area (Å²) in [7, 11) is 0. The zero-order valence-corrected chi connectivity index (χ0v) is 8.78. The first-order valence-electron chi connectivity index (χ1n) is 4.64. The highest BCUT2D eigenvalue weighted by atomic mass is 32.2. The van der Waals surface area contributed by atoms with Crippen molar-refractivity contribution < 1.29 is 8.78 Å². The number of amidine groups is 1. The molecule has 80 valence electrons. The Morgan fingerprint density at radius 1 is 1.20 bits per heavy atom. The van der Waals surface area contributed by atoms with Crippen molar-refractivity contribution in [3.8, 4) is 0 Å². The third-order valence-corrected chi connectivity index (χ3v) is 2.91. The third-order valence-electron chi connectivity index (χ3n) is 1.91. The number of halogens is 2. The van der Waals surface area contributed by atoms with E-state index in [1.54, 1.807) is 11.8 Å². The summed E-state index contributed by atoms with van der Waals surface area (Å²) in [5, 5.41) is 3.62. The van der Waals surface area contributed by atoms with Gasteiger partial charge in [0.15, 0.2) is 5.17 Å². The van der Waals surface area contributed by atoms with Gasteiger partial charge in [-0.2, -0.15) is 0 Å². The fraction of sp³-hybridized carbons (Fsp3) is 0.300. The molecule has 0 fully saturated rings. The normalized spacial score (nSPS) is 16.0. The van der Waals surface area contributed by atoms with Crippen LogP contribution in [0.4, 0.5) is 14.5 Å². The van der Waals surface area contributed by atoms with E-state index in [4.69, 9.17) is 0 Å². The fourth-order valence-corrected chi connectivity index (χ4v) is 2.12. The Hall–Kier alpha value is -1.10. The Morgan fingerprint density at radius 2 is 1.93 bits per heavy atom. The van der Waals surface area contributed by atoms with E-state index in [1.165, 1.54) is 12.1 Å². The van der Waals surface area contributed by atoms with Gasteiger partial charge in [0.25, 0.3) is 0 Å². The van der Waals surface area contributed by atoms with E-state index < -0.39 is 11.6 Å². The number of thioether (sulfide) groups is 1. The summed E-state index contributed by atoms with van der Waals surface area (Å²) in [5.41, 5.74) is 0.403. The van der Waals surface area contributed by atoms with Crippen molar-refractivity contribution >= 4 is 22.6 Å². The van der Waals surface area contributed by atoms with Crippen LogP contribution in [0.2, 0.25) is 0 Å². The van der Waals surface area contributed by atoms with Crippen LogP contribution in [0.15, 0.2) is 23.2 Å². The molecule has 2 nitrogen and oxygen atoms in total. The average Bonchev–Trinajstić information content (AvgIpc) is 2.17. The van der Waals surface area contributed by atoms with Gasteiger partial charge in [-0.15, -0.1) is 0 Å². The Morgan fingerprint density at radius 3 is 2.53 bits per heavy atom. The highest BCUT2D eigenvalue weighted by Gasteiger charge is 2.07. The van der Waals surface area contributed by atoms with Gasteiger partial charge in [-0.25, -0.2) is 8.78 Å². The minimum atomic E-state index is -0.584. The first-order chi connectivity index (χ1) is 7.24. The first-order valence-corrected chi connectivity index (χ1v) is 5.63. The topological polar surface area (TPSA) is 24.4 Å². The van der Waals surface area contributed by atoms with Gasteiger partial charge in [0, 0.05) is 24.1 Å². The van der Waals surface area contributed by atoms with Crippen LogP contribution < -0.4 is 5.32 Å². The molecule has 0 radical (unpaired) electrons. The Balaban J connectivity index is 2.12. The highest BCUT2D eigenvalue weighted by molar-refractivity contribution is 8.14. The van der Waals surface area contributed by atoms with Crippen molar-refractivity contribution in [1.29, 1.82) is 0 Å². The second-order valence-electron chi connectivity index (χ2n) is 3.17. The molecular weight excluding hydrogens is 218 g/mol. The van der Waals surface area contributed by atoms with Gasteiger partial charge >= 0.3 is 0 Å². The monoisotopic (exact) mass is 228 g/mol. The van der Waals surface area contributed by atoms with Crippen LogP contribution in [0.1, 0.15) is 6.42 Å². The Labute approximate surface area is 90.8 Å². The standard InChI is InChI=1S/C10H10F2N2S/c11-7-4-8(12)6-9(5-7)14-10-13-2-1-3-15-10/h4-6H,1-3H2,(H,13,14). The lowest BCUT2D eigenvalue weighted by atomic mass is 10.3. The molecule has 0 bridgehead atoms. The van der Waals surface area contributed by atoms with E-state index in [1.807, 2.05) is 0 Å². The number of hydrogen-bond donors (Lipinski definition) is 1. The highest BCUT2D eigenvalue weighted by Crippen LogP contribution is 2.18. The molecule has 2 rings (SSSR count). The van der Waals surface area contributed by atoms with Gasteiger partial charge in [0.1, 0.15) is 11.6 Å². The van der Waals surface area contributed by atoms with Crippen molar-refractivity contribution in [3.63, 3.8) is 0 Å². The number of aliphatic imine (C=N–C) groups is 1. The molecule has 1 aromatic carbocycles. The van der Waals surface area contributed by atoms with E-state index in [-0.39, 0.29) is 0 Å². The van der Waals surface area contributed by atoms with Crippen molar-refractivity contribution in [3.05, 3.63) is 29.8 Å². The molecule has 0 saturated carbocycles. The molecule has 0 atom stereocenters. The van der Waals surface area contributed by atoms with Crippen molar-refractivity contribution in [2.24, 2.45) is 4.99 Å². The summed E-state index contributed by atoms with van der Waals surface area (Å²) in [6.07, 6.45) is 1.05. The van der Waals surface area contributed by atoms with Crippen LogP contribution in [-0.4, -0.2) is 17.5 Å². The van der Waals surface area contributed by atoms with E-state index in [0.29, 0.717) is 5.69 Å². The summed E-state index contributed by atoms with van der Waals surface area (Å²) in [5.74, 6) is -0.179. The molecular formula is C10H10F2N2S. The molecule has 5 heteroatoms. The molecule has 0 aromatic heterocycles. The lowest BCUT2D eigenvalue weighted by Gasteiger charge is -2.13. The van der Waals surface area contributed by atoms with Gasteiger partial charge < -0.3 is 5.32 Å². The number of hydrogen-bond acceptors (Lipinski definition) is 3. The molecule has 0 amide bonds. The zero-order chi connectivity index (χ0) is 10.7. The van der Waals surface area contributed by atoms with Crippen LogP contribution in [0.25, 0.3) is 0 Å². The Bertz CT molecular complexity index is 373. The maximum Gasteiger partial charge on any atom is 0.161 e. The summed E-state index contributed by atoms with van der Waals surface area (Å²) in [6.45, 7) is 0.771. The first kappa shape index (κ1) is 10.4. The van der Waals surface area contributed by atoms with Gasteiger partial charge in [-0.05, 0) is 18.6 Å². The van der Waals surface area contributed by atoms with Crippen LogP contribution in [0.3, 0.4) is 0 Å². The smallest absolute Gasteiger partial charge is 0.161 e. The average molecular weight is 228 g/mol. The second kappa shape index (κ2) is 4.61. The van der Waals surface area contributed by atoms with Crippen molar-refractivity contribution in [2.75, 3.05) is 17.6 Å². The minimum absolute atomic E-state index is 0.403. The quantitative estimate of drug-likeness (QED) is 0.799. The largest absolute Gasteiger partial charge is 0.335 e. The predicted molar refractivity (Wildman–Crippen MR) is 59.4 cm³/mol. The third kappa shape index (κ3) is 2.92. The van der Waals surface area contributed by atoms with Gasteiger partial charge in [-0.1, -0.05) is 11.8 Å². The van der Waals surface area contributed by atoms with Crippen LogP contribution in [0.5, 0.6) is 0 Å². The molecule has 0 aliphatic carbocycles. The predicted octanol–water partition coefficient (Wildman–Crippen LogP) is 2.87. The lowest BCUT2D eigenvalue weighted by Crippen LogP contribution is -2.13. The summed E-state index contributed by atoms with van der Waals surface area (Å²) < 4.78 is 25.7. The SMILES string of the molecule is Fc1cc(F)cc(NC2=NCCCS2)c1. The van der Waals surface area contributed by atoms with Crippen molar-refractivity contribution in [1.82, 2.24) is 0 Å². The summed E-state index contributed by atoms with van der Waals surface area (Å²) in [4.78, 5) is 4.21. The molecule has 0 spiro atoms. The zero-order valence-electron chi connectivity index (χ0n) is 7.96. The van der Waals surface area contributed by atoms with Crippen LogP contribution >= 0.6 is 11.8 Å². The Kier molecular flexibility index (Phi) is 3.20. The van der Waals surface area contributed by atoms with Crippen molar-refractivity contribution in [2.45, 2.75) is 6.42 Å². The lowest BCUT2D eigenvalue weighted by molar-refractivity contribution is 0.584. The summed E-state index contributed by atoms with van der Waals surface area (Å²) in [6, 6.07) is 3.35. The maximum atomic E-state index is 12.9. The number of benzene rings is 1. The fourth-order valence-electron chi connectivity index (χ4n) is 1.28. The number of nitrogens with one attached hydrogen (secondary N) is 1. The van der Waals surface area contributed by atoms with Gasteiger partial charge in [0.2, 0.25) is 0 Å². The number of rotatable bonds is 1. The number of anilines is 1. The van der Waals surface area contributed by atoms with E-state index in [2.05, 4.69) is 10.3 Å².